The van der Waals surface area contributed by atoms with Crippen LogP contribution < -0.4 is 0 Å². The first-order chi connectivity index (χ1) is 24.1. The van der Waals surface area contributed by atoms with Crippen LogP contribution in [0.4, 0.5) is 0 Å². The van der Waals surface area contributed by atoms with E-state index in [2.05, 4.69) is 47.6 Å². The van der Waals surface area contributed by atoms with Crippen LogP contribution in [-0.4, -0.2) is 89.9 Å². The summed E-state index contributed by atoms with van der Waals surface area (Å²) in [5.41, 5.74) is -0.533. The van der Waals surface area contributed by atoms with E-state index in [1.807, 2.05) is 0 Å². The van der Waals surface area contributed by atoms with Gasteiger partial charge in [0.05, 0.1) is 31.3 Å². The van der Waals surface area contributed by atoms with Crippen LogP contribution in [-0.2, 0) is 38.1 Å². The monoisotopic (exact) mass is 732 g/mol. The van der Waals surface area contributed by atoms with Gasteiger partial charge in [-0.2, -0.15) is 0 Å². The molecule has 0 radical (unpaired) electrons. The summed E-state index contributed by atoms with van der Waals surface area (Å²) in [5, 5.41) is 34.2. The number of hydrogen-bond acceptors (Lipinski definition) is 11. The van der Waals surface area contributed by atoms with Gasteiger partial charge in [-0.15, -0.1) is 0 Å². The first-order valence-electron chi connectivity index (χ1n) is 19.6. The molecule has 0 bridgehead atoms. The molecule has 4 saturated carbocycles. The molecule has 52 heavy (non-hydrogen) atoms. The van der Waals surface area contributed by atoms with Gasteiger partial charge in [0.2, 0.25) is 0 Å². The van der Waals surface area contributed by atoms with Crippen molar-refractivity contribution in [2.24, 2.45) is 50.2 Å². The van der Waals surface area contributed by atoms with Gasteiger partial charge in [0.25, 0.3) is 0 Å². The number of hydrogen-bond donors (Lipinski definition) is 3. The largest absolute Gasteiger partial charge is 0.469 e. The van der Waals surface area contributed by atoms with Gasteiger partial charge in [0, 0.05) is 31.1 Å². The van der Waals surface area contributed by atoms with Gasteiger partial charge in [-0.3, -0.25) is 14.4 Å². The van der Waals surface area contributed by atoms with E-state index in [-0.39, 0.29) is 53.0 Å². The molecule has 0 amide bonds. The molecular weight excluding hydrogens is 668 g/mol. The van der Waals surface area contributed by atoms with Gasteiger partial charge in [0.15, 0.2) is 12.4 Å². The molecule has 1 saturated heterocycles. The maximum absolute atomic E-state index is 13.1. The Bertz CT molecular complexity index is 1460. The number of carbonyl (C=O) groups is 3. The number of aliphatic hydroxyl groups is 3. The van der Waals surface area contributed by atoms with Crippen LogP contribution in [0.5, 0.6) is 0 Å². The van der Waals surface area contributed by atoms with E-state index in [1.54, 1.807) is 6.92 Å². The van der Waals surface area contributed by atoms with Crippen LogP contribution in [0.2, 0.25) is 0 Å². The molecule has 11 heteroatoms. The van der Waals surface area contributed by atoms with Crippen molar-refractivity contribution in [3.63, 3.8) is 0 Å². The van der Waals surface area contributed by atoms with E-state index < -0.39 is 71.1 Å². The number of methoxy groups -OCH3 is 1. The molecule has 6 aliphatic rings. The van der Waals surface area contributed by atoms with Gasteiger partial charge < -0.3 is 39.0 Å². The summed E-state index contributed by atoms with van der Waals surface area (Å²) in [6, 6.07) is 0. The normalized spacial score (nSPS) is 51.4. The van der Waals surface area contributed by atoms with Crippen LogP contribution in [0.3, 0.4) is 0 Å². The van der Waals surface area contributed by atoms with Crippen molar-refractivity contribution in [3.8, 4) is 0 Å². The third-order valence-electron chi connectivity index (χ3n) is 16.3. The predicted molar refractivity (Wildman–Crippen MR) is 190 cm³/mol. The Hall–Kier alpha value is -2.05. The molecule has 0 unspecified atom stereocenters. The number of ether oxygens (including phenoxy) is 5. The summed E-state index contributed by atoms with van der Waals surface area (Å²) in [6.07, 6.45) is 2.63. The Morgan fingerprint density at radius 3 is 2.17 bits per heavy atom. The summed E-state index contributed by atoms with van der Waals surface area (Å²) in [5.74, 6) is -0.883. The van der Waals surface area contributed by atoms with Gasteiger partial charge in [-0.1, -0.05) is 46.3 Å². The molecule has 0 spiro atoms. The highest BCUT2D eigenvalue weighted by molar-refractivity contribution is 5.76. The number of rotatable bonds is 6. The standard InChI is InChI=1S/C41H64O11/c1-22-33(52-24(3)43)31(45)32(46)34(50-22)49-21-38(6)27-13-14-40(8)28(41(27,9)29(44)19-30(38)51-23(2)42)12-11-25-26-20-37(5,35(47)48-10)16-15-36(26,4)17-18-39(25,40)7/h11,22,26-34,44-46H,12-21H2,1-10H3/t22-,26-,27-,28-,29-,30-,31-,32+,33-,34+,36+,37+,38-,39+,40+,41-/m0/s1. The molecule has 11 nitrogen and oxygen atoms in total. The molecule has 3 N–H and O–H groups in total. The van der Waals surface area contributed by atoms with Crippen molar-refractivity contribution in [1.29, 1.82) is 0 Å². The van der Waals surface area contributed by atoms with E-state index in [1.165, 1.54) is 26.5 Å². The first kappa shape index (κ1) is 39.6. The second kappa shape index (κ2) is 13.3. The van der Waals surface area contributed by atoms with Crippen molar-refractivity contribution in [3.05, 3.63) is 11.6 Å². The second-order valence-corrected chi connectivity index (χ2v) is 19.0. The minimum absolute atomic E-state index is 0.0473. The lowest BCUT2D eigenvalue weighted by Gasteiger charge is -2.72. The molecule has 6 rings (SSSR count). The van der Waals surface area contributed by atoms with E-state index in [4.69, 9.17) is 23.7 Å². The fourth-order valence-corrected chi connectivity index (χ4v) is 12.9. The Morgan fingerprint density at radius 2 is 1.54 bits per heavy atom. The minimum atomic E-state index is -1.48. The smallest absolute Gasteiger partial charge is 0.311 e. The molecule has 0 aromatic rings. The summed E-state index contributed by atoms with van der Waals surface area (Å²) in [6.45, 7) is 18.0. The second-order valence-electron chi connectivity index (χ2n) is 19.0. The maximum Gasteiger partial charge on any atom is 0.311 e. The molecule has 1 aliphatic heterocycles. The fraction of sp³-hybridized carbons (Fsp3) is 0.878. The molecule has 0 aromatic heterocycles. The van der Waals surface area contributed by atoms with Crippen molar-refractivity contribution < 1.29 is 53.4 Å². The Morgan fingerprint density at radius 1 is 0.885 bits per heavy atom. The fourth-order valence-electron chi connectivity index (χ4n) is 12.9. The van der Waals surface area contributed by atoms with Gasteiger partial charge in [-0.25, -0.2) is 0 Å². The zero-order valence-electron chi connectivity index (χ0n) is 33.0. The average molecular weight is 733 g/mol. The first-order valence-corrected chi connectivity index (χ1v) is 19.6. The van der Waals surface area contributed by atoms with Gasteiger partial charge in [0.1, 0.15) is 18.3 Å². The molecule has 16 atom stereocenters. The van der Waals surface area contributed by atoms with Crippen LogP contribution in [0, 0.1) is 50.2 Å². The highest BCUT2D eigenvalue weighted by Crippen LogP contribution is 2.76. The van der Waals surface area contributed by atoms with E-state index >= 15 is 0 Å². The van der Waals surface area contributed by atoms with Crippen LogP contribution in [0.1, 0.15) is 120 Å². The molecule has 294 valence electrons. The predicted octanol–water partition coefficient (Wildman–Crippen LogP) is 5.26. The number of aliphatic hydroxyl groups excluding tert-OH is 3. The lowest BCUT2D eigenvalue weighted by molar-refractivity contribution is -0.315. The average Bonchev–Trinajstić information content (AvgIpc) is 3.07. The zero-order valence-corrected chi connectivity index (χ0v) is 33.0. The minimum Gasteiger partial charge on any atom is -0.469 e. The van der Waals surface area contributed by atoms with Crippen LogP contribution in [0.15, 0.2) is 11.6 Å². The Kier molecular flexibility index (Phi) is 10.1. The quantitative estimate of drug-likeness (QED) is 0.186. The molecule has 1 heterocycles. The molecule has 0 aromatic carbocycles. The van der Waals surface area contributed by atoms with Crippen LogP contribution in [0.25, 0.3) is 0 Å². The number of carbonyl (C=O) groups excluding carboxylic acids is 3. The van der Waals surface area contributed by atoms with Crippen molar-refractivity contribution in [1.82, 2.24) is 0 Å². The van der Waals surface area contributed by atoms with E-state index in [0.29, 0.717) is 0 Å². The highest BCUT2D eigenvalue weighted by Gasteiger charge is 2.71. The Balaban J connectivity index is 1.33. The van der Waals surface area contributed by atoms with E-state index in [9.17, 15) is 29.7 Å². The van der Waals surface area contributed by atoms with Crippen molar-refractivity contribution in [2.75, 3.05) is 13.7 Å². The number of allylic oxidation sites excluding steroid dienone is 2. The molecule has 5 aliphatic carbocycles. The summed E-state index contributed by atoms with van der Waals surface area (Å²) in [4.78, 5) is 37.3. The lowest BCUT2D eigenvalue weighted by Crippen LogP contribution is -2.69. The highest BCUT2D eigenvalue weighted by atomic mass is 16.7. The third-order valence-corrected chi connectivity index (χ3v) is 16.3. The van der Waals surface area contributed by atoms with Crippen LogP contribution >= 0.6 is 0 Å². The zero-order chi connectivity index (χ0) is 38.4. The summed E-state index contributed by atoms with van der Waals surface area (Å²) < 4.78 is 28.9. The lowest BCUT2D eigenvalue weighted by atomic mass is 9.33. The number of esters is 3. The third kappa shape index (κ3) is 5.80. The van der Waals surface area contributed by atoms with Gasteiger partial charge in [-0.05, 0) is 99.2 Å². The van der Waals surface area contributed by atoms with Crippen molar-refractivity contribution >= 4 is 17.9 Å². The Labute approximate surface area is 309 Å². The summed E-state index contributed by atoms with van der Waals surface area (Å²) in [7, 11) is 1.49. The topological polar surface area (TPSA) is 158 Å². The maximum atomic E-state index is 13.1. The molecule has 5 fully saturated rings. The molecular formula is C41H64O11. The van der Waals surface area contributed by atoms with Crippen molar-refractivity contribution in [2.45, 2.75) is 163 Å². The SMILES string of the molecule is COC(=O)[C@]1(C)CC[C@]2(C)CC[C@]3(C)C(=CC[C@@H]4[C@@]5(C)[C@@H](O)C[C@H](OC(C)=O)[C@@](C)(CO[C@@H]6O[C@@H](C)[C@H](OC(C)=O)[C@@H](O)[C@H]6O)[C@@H]5CC[C@]43C)[C@@H]2C1. The summed E-state index contributed by atoms with van der Waals surface area (Å²) >= 11 is 0. The number of fused-ring (bicyclic) bond motifs is 7. The van der Waals surface area contributed by atoms with Gasteiger partial charge >= 0.3 is 17.9 Å². The van der Waals surface area contributed by atoms with E-state index in [0.717, 1.165) is 51.4 Å².